The van der Waals surface area contributed by atoms with E-state index in [0.717, 1.165) is 68.9 Å². The van der Waals surface area contributed by atoms with Crippen LogP contribution < -0.4 is 15.5 Å². The van der Waals surface area contributed by atoms with Crippen LogP contribution in [0.25, 0.3) is 0 Å². The number of piperazine rings is 1. The highest BCUT2D eigenvalue weighted by molar-refractivity contribution is 14.0. The van der Waals surface area contributed by atoms with Gasteiger partial charge in [0.25, 0.3) is 0 Å². The molecule has 1 saturated carbocycles. The van der Waals surface area contributed by atoms with Crippen molar-refractivity contribution >= 4 is 35.6 Å². The Morgan fingerprint density at radius 2 is 1.94 bits per heavy atom. The summed E-state index contributed by atoms with van der Waals surface area (Å²) in [6.07, 6.45) is 3.84. The third-order valence-corrected chi connectivity index (χ3v) is 6.84. The number of anilines is 1. The molecule has 0 radical (unpaired) electrons. The number of benzene rings is 1. The monoisotopic (exact) mass is 544 g/mol. The normalized spacial score (nSPS) is 25.4. The van der Waals surface area contributed by atoms with Gasteiger partial charge in [-0.2, -0.15) is 0 Å². The Hall–Kier alpha value is -1.13. The average molecular weight is 545 g/mol. The Labute approximate surface area is 203 Å². The van der Waals surface area contributed by atoms with Gasteiger partial charge in [-0.05, 0) is 50.4 Å². The molecule has 2 unspecified atom stereocenters. The van der Waals surface area contributed by atoms with Gasteiger partial charge in [0.05, 0.1) is 5.69 Å². The van der Waals surface area contributed by atoms with Gasteiger partial charge in [-0.3, -0.25) is 9.89 Å². The van der Waals surface area contributed by atoms with Gasteiger partial charge in [0.15, 0.2) is 5.96 Å². The van der Waals surface area contributed by atoms with Crippen LogP contribution in [0.3, 0.4) is 0 Å². The summed E-state index contributed by atoms with van der Waals surface area (Å²) in [5, 5.41) is 6.92. The van der Waals surface area contributed by atoms with E-state index in [9.17, 15) is 4.39 Å². The van der Waals surface area contributed by atoms with E-state index in [-0.39, 0.29) is 29.8 Å². The Kier molecular flexibility index (Phi) is 8.81. The molecule has 1 aliphatic carbocycles. The first-order chi connectivity index (χ1) is 14.6. The second-order valence-corrected chi connectivity index (χ2v) is 8.99. The number of hydrogen-bond donors (Lipinski definition) is 2. The number of hydrogen-bond acceptors (Lipinski definition) is 4. The standard InChI is InChI=1S/C23H37FN6.HI/c1-4-28-9-11-29(12-10-28)22-8-5-18(14-21(22)24)15-26-23(25-3)27-19-13-17(2)30(16-19)20-6-7-20;/h5,8,14,17,19-20H,4,6-7,9-13,15-16H2,1-3H3,(H2,25,26,27);1H. The lowest BCUT2D eigenvalue weighted by atomic mass is 10.1. The highest BCUT2D eigenvalue weighted by Gasteiger charge is 2.38. The van der Waals surface area contributed by atoms with Gasteiger partial charge in [-0.15, -0.1) is 24.0 Å². The van der Waals surface area contributed by atoms with Crippen molar-refractivity contribution in [1.82, 2.24) is 20.4 Å². The molecule has 0 bridgehead atoms. The number of guanidine groups is 1. The number of likely N-dealkylation sites (N-methyl/N-ethyl adjacent to an activating group) is 1. The van der Waals surface area contributed by atoms with E-state index in [1.807, 2.05) is 12.1 Å². The lowest BCUT2D eigenvalue weighted by Gasteiger charge is -2.35. The number of nitrogens with one attached hydrogen (secondary N) is 2. The maximum absolute atomic E-state index is 14.8. The first-order valence-corrected chi connectivity index (χ1v) is 11.6. The Morgan fingerprint density at radius 3 is 2.55 bits per heavy atom. The molecule has 8 heteroatoms. The zero-order valence-corrected chi connectivity index (χ0v) is 21.4. The van der Waals surface area contributed by atoms with Crippen LogP contribution >= 0.6 is 24.0 Å². The van der Waals surface area contributed by atoms with E-state index >= 15 is 0 Å². The van der Waals surface area contributed by atoms with Gasteiger partial charge < -0.3 is 20.4 Å². The Bertz CT molecular complexity index is 748. The summed E-state index contributed by atoms with van der Waals surface area (Å²) >= 11 is 0. The number of aliphatic imine (C=N–C) groups is 1. The van der Waals surface area contributed by atoms with Crippen LogP contribution in [-0.2, 0) is 6.54 Å². The van der Waals surface area contributed by atoms with E-state index < -0.39 is 0 Å². The maximum atomic E-state index is 14.8. The van der Waals surface area contributed by atoms with Crippen LogP contribution in [0, 0.1) is 5.82 Å². The van der Waals surface area contributed by atoms with Crippen LogP contribution in [0.5, 0.6) is 0 Å². The molecule has 2 N–H and O–H groups in total. The van der Waals surface area contributed by atoms with Crippen LogP contribution in [0.1, 0.15) is 38.7 Å². The number of likely N-dealkylation sites (tertiary alicyclic amines) is 1. The van der Waals surface area contributed by atoms with Crippen molar-refractivity contribution in [1.29, 1.82) is 0 Å². The third kappa shape index (κ3) is 6.22. The predicted octanol–water partition coefficient (Wildman–Crippen LogP) is 2.88. The van der Waals surface area contributed by atoms with Crippen molar-refractivity contribution in [3.05, 3.63) is 29.6 Å². The summed E-state index contributed by atoms with van der Waals surface area (Å²) in [6.45, 7) is 11.0. The van der Waals surface area contributed by atoms with Gasteiger partial charge in [-0.1, -0.05) is 13.0 Å². The minimum atomic E-state index is -0.133. The summed E-state index contributed by atoms with van der Waals surface area (Å²) in [5.74, 6) is 0.664. The Morgan fingerprint density at radius 1 is 1.19 bits per heavy atom. The molecule has 3 aliphatic rings. The molecular formula is C23H38FIN6. The molecule has 0 aromatic heterocycles. The maximum Gasteiger partial charge on any atom is 0.191 e. The molecule has 4 rings (SSSR count). The molecule has 2 atom stereocenters. The molecule has 1 aromatic carbocycles. The summed E-state index contributed by atoms with van der Waals surface area (Å²) in [5.41, 5.74) is 1.66. The van der Waals surface area contributed by atoms with Crippen LogP contribution in [0.4, 0.5) is 10.1 Å². The lowest BCUT2D eigenvalue weighted by Crippen LogP contribution is -2.46. The van der Waals surface area contributed by atoms with Crippen molar-refractivity contribution in [2.24, 2.45) is 4.99 Å². The fraction of sp³-hybridized carbons (Fsp3) is 0.696. The van der Waals surface area contributed by atoms with Crippen LogP contribution in [0.15, 0.2) is 23.2 Å². The van der Waals surface area contributed by atoms with Gasteiger partial charge in [-0.25, -0.2) is 4.39 Å². The number of rotatable bonds is 6. The molecule has 3 fully saturated rings. The predicted molar refractivity (Wildman–Crippen MR) is 137 cm³/mol. The van der Waals surface area contributed by atoms with Crippen molar-refractivity contribution in [3.8, 4) is 0 Å². The highest BCUT2D eigenvalue weighted by atomic mass is 127. The van der Waals surface area contributed by atoms with Crippen LogP contribution in [-0.4, -0.2) is 80.2 Å². The molecular weight excluding hydrogens is 506 g/mol. The van der Waals surface area contributed by atoms with Crippen molar-refractivity contribution in [2.45, 2.75) is 57.8 Å². The molecule has 2 aliphatic heterocycles. The van der Waals surface area contributed by atoms with E-state index in [2.05, 4.69) is 44.2 Å². The van der Waals surface area contributed by atoms with E-state index in [1.165, 1.54) is 12.8 Å². The number of nitrogens with zero attached hydrogens (tertiary/aromatic N) is 4. The molecule has 6 nitrogen and oxygen atoms in total. The molecule has 31 heavy (non-hydrogen) atoms. The summed E-state index contributed by atoms with van der Waals surface area (Å²) in [7, 11) is 1.80. The van der Waals surface area contributed by atoms with E-state index in [1.54, 1.807) is 13.1 Å². The van der Waals surface area contributed by atoms with Gasteiger partial charge >= 0.3 is 0 Å². The smallest absolute Gasteiger partial charge is 0.191 e. The fourth-order valence-electron chi connectivity index (χ4n) is 4.87. The molecule has 1 aromatic rings. The van der Waals surface area contributed by atoms with Gasteiger partial charge in [0, 0.05) is 64.4 Å². The molecule has 0 amide bonds. The van der Waals surface area contributed by atoms with E-state index in [4.69, 9.17) is 0 Å². The second kappa shape index (κ2) is 11.1. The van der Waals surface area contributed by atoms with Gasteiger partial charge in [0.2, 0.25) is 0 Å². The lowest BCUT2D eigenvalue weighted by molar-refractivity contribution is 0.256. The highest BCUT2D eigenvalue weighted by Crippen LogP contribution is 2.33. The first kappa shape index (κ1) is 24.5. The quantitative estimate of drug-likeness (QED) is 0.328. The van der Waals surface area contributed by atoms with Gasteiger partial charge in [0.1, 0.15) is 5.82 Å². The minimum Gasteiger partial charge on any atom is -0.367 e. The molecule has 2 saturated heterocycles. The SMILES string of the molecule is CCN1CCN(c2ccc(CNC(=NC)NC3CC(C)N(C4CC4)C3)cc2F)CC1.I. The zero-order chi connectivity index (χ0) is 21.1. The molecule has 0 spiro atoms. The van der Waals surface area contributed by atoms with Crippen molar-refractivity contribution in [2.75, 3.05) is 51.2 Å². The minimum absolute atomic E-state index is 0. The topological polar surface area (TPSA) is 46.1 Å². The Balaban J connectivity index is 0.00000272. The largest absolute Gasteiger partial charge is 0.367 e. The summed E-state index contributed by atoms with van der Waals surface area (Å²) < 4.78 is 14.8. The van der Waals surface area contributed by atoms with E-state index in [0.29, 0.717) is 18.6 Å². The molecule has 174 valence electrons. The average Bonchev–Trinajstić information content (AvgIpc) is 3.54. The zero-order valence-electron chi connectivity index (χ0n) is 19.1. The van der Waals surface area contributed by atoms with Crippen LogP contribution in [0.2, 0.25) is 0 Å². The second-order valence-electron chi connectivity index (χ2n) is 8.99. The first-order valence-electron chi connectivity index (χ1n) is 11.6. The third-order valence-electron chi connectivity index (χ3n) is 6.84. The summed E-state index contributed by atoms with van der Waals surface area (Å²) in [6, 6.07) is 7.47. The summed E-state index contributed by atoms with van der Waals surface area (Å²) in [4.78, 5) is 11.6. The van der Waals surface area contributed by atoms with Crippen molar-refractivity contribution in [3.63, 3.8) is 0 Å². The fourth-order valence-corrected chi connectivity index (χ4v) is 4.87. The molecule has 2 heterocycles. The van der Waals surface area contributed by atoms with Crippen molar-refractivity contribution < 1.29 is 4.39 Å². The number of halogens is 2.